The number of aliphatic hydroxyl groups is 1. The maximum atomic E-state index is 13.4. The summed E-state index contributed by atoms with van der Waals surface area (Å²) in [6.07, 6.45) is 5.52. The first kappa shape index (κ1) is 22.8. The van der Waals surface area contributed by atoms with Gasteiger partial charge >= 0.3 is 0 Å². The maximum absolute atomic E-state index is 13.4. The van der Waals surface area contributed by atoms with Gasteiger partial charge < -0.3 is 15.7 Å². The highest BCUT2D eigenvalue weighted by Crippen LogP contribution is 2.58. The Hall–Kier alpha value is -2.60. The van der Waals surface area contributed by atoms with E-state index >= 15 is 0 Å². The van der Waals surface area contributed by atoms with Crippen molar-refractivity contribution in [2.75, 3.05) is 23.3 Å². The van der Waals surface area contributed by atoms with Crippen LogP contribution in [0.1, 0.15) is 51.5 Å². The summed E-state index contributed by atoms with van der Waals surface area (Å²) >= 11 is 0. The molecule has 4 N–H and O–H groups in total. The minimum absolute atomic E-state index is 0.0172. The summed E-state index contributed by atoms with van der Waals surface area (Å²) in [5.41, 5.74) is -0.497. The van der Waals surface area contributed by atoms with E-state index < -0.39 is 26.6 Å². The average molecular weight is 499 g/mol. The highest BCUT2D eigenvalue weighted by atomic mass is 32.2. The van der Waals surface area contributed by atoms with Gasteiger partial charge in [-0.1, -0.05) is 0 Å². The maximum Gasteiger partial charge on any atom is 0.241 e. The number of amides is 1. The molecule has 1 spiro atoms. The van der Waals surface area contributed by atoms with Crippen LogP contribution in [0.3, 0.4) is 0 Å². The molecule has 186 valence electrons. The molecular formula is C24H30N6O4S. The Morgan fingerprint density at radius 3 is 2.43 bits per heavy atom. The SMILES string of the molecule is CC1(NS(=O)(=O)c2ccc(Nc3ncc4c(n3)N([C@@H]3CCC[C@]3(C)O)C(=O)C43CC3)cc2)CNC1. The van der Waals surface area contributed by atoms with Gasteiger partial charge in [-0.05, 0) is 70.2 Å². The molecule has 3 fully saturated rings. The second kappa shape index (κ2) is 7.45. The summed E-state index contributed by atoms with van der Waals surface area (Å²) in [7, 11) is -3.63. The quantitative estimate of drug-likeness (QED) is 0.471. The van der Waals surface area contributed by atoms with Gasteiger partial charge in [0.05, 0.1) is 27.5 Å². The summed E-state index contributed by atoms with van der Waals surface area (Å²) in [5.74, 6) is 0.908. The Kier molecular flexibility index (Phi) is 4.86. The molecule has 2 atom stereocenters. The van der Waals surface area contributed by atoms with Gasteiger partial charge in [-0.25, -0.2) is 18.1 Å². The predicted molar refractivity (Wildman–Crippen MR) is 130 cm³/mol. The Bertz CT molecular complexity index is 1300. The minimum atomic E-state index is -3.63. The molecule has 10 nitrogen and oxygen atoms in total. The van der Waals surface area contributed by atoms with Crippen molar-refractivity contribution in [3.05, 3.63) is 36.0 Å². The summed E-state index contributed by atoms with van der Waals surface area (Å²) < 4.78 is 28.2. The first-order valence-corrected chi connectivity index (χ1v) is 13.6. The fourth-order valence-electron chi connectivity index (χ4n) is 5.63. The second-order valence-electron chi connectivity index (χ2n) is 10.9. The fourth-order valence-corrected chi connectivity index (χ4v) is 7.04. The molecular weight excluding hydrogens is 468 g/mol. The molecule has 1 aromatic carbocycles. The molecule has 3 heterocycles. The first-order valence-electron chi connectivity index (χ1n) is 12.1. The number of fused-ring (bicyclic) bond motifs is 2. The van der Waals surface area contributed by atoms with Crippen LogP contribution in [-0.4, -0.2) is 59.7 Å². The van der Waals surface area contributed by atoms with Crippen molar-refractivity contribution in [1.82, 2.24) is 20.0 Å². The van der Waals surface area contributed by atoms with Gasteiger partial charge in [0.1, 0.15) is 5.82 Å². The molecule has 0 radical (unpaired) electrons. The van der Waals surface area contributed by atoms with Crippen LogP contribution in [0, 0.1) is 0 Å². The van der Waals surface area contributed by atoms with Gasteiger partial charge in [-0.15, -0.1) is 0 Å². The van der Waals surface area contributed by atoms with Crippen LogP contribution in [0.25, 0.3) is 0 Å². The predicted octanol–water partition coefficient (Wildman–Crippen LogP) is 1.54. The van der Waals surface area contributed by atoms with Crippen LogP contribution >= 0.6 is 0 Å². The lowest BCUT2D eigenvalue weighted by Crippen LogP contribution is -2.66. The number of anilines is 3. The number of hydrogen-bond acceptors (Lipinski definition) is 8. The van der Waals surface area contributed by atoms with Crippen molar-refractivity contribution in [2.24, 2.45) is 0 Å². The van der Waals surface area contributed by atoms with Crippen molar-refractivity contribution in [3.8, 4) is 0 Å². The highest BCUT2D eigenvalue weighted by molar-refractivity contribution is 7.89. The number of nitrogens with zero attached hydrogens (tertiary/aromatic N) is 3. The van der Waals surface area contributed by atoms with Gasteiger partial charge in [-0.2, -0.15) is 4.98 Å². The van der Waals surface area contributed by atoms with Crippen molar-refractivity contribution < 1.29 is 18.3 Å². The average Bonchev–Trinajstić information content (AvgIpc) is 3.46. The molecule has 2 aliphatic carbocycles. The first-order chi connectivity index (χ1) is 16.5. The third-order valence-electron chi connectivity index (χ3n) is 7.91. The van der Waals surface area contributed by atoms with E-state index in [0.29, 0.717) is 37.0 Å². The number of aromatic nitrogens is 2. The van der Waals surface area contributed by atoms with Gasteiger partial charge in [0, 0.05) is 30.5 Å². The Morgan fingerprint density at radius 2 is 1.86 bits per heavy atom. The van der Waals surface area contributed by atoms with Crippen LogP contribution in [0.2, 0.25) is 0 Å². The lowest BCUT2D eigenvalue weighted by molar-refractivity contribution is -0.121. The lowest BCUT2D eigenvalue weighted by atomic mass is 9.97. The van der Waals surface area contributed by atoms with Crippen LogP contribution < -0.4 is 20.3 Å². The molecule has 11 heteroatoms. The molecule has 4 aliphatic rings. The van der Waals surface area contributed by atoms with E-state index in [0.717, 1.165) is 31.2 Å². The van der Waals surface area contributed by atoms with Gasteiger partial charge in [0.25, 0.3) is 0 Å². The summed E-state index contributed by atoms with van der Waals surface area (Å²) in [4.78, 5) is 24.4. The number of nitrogens with one attached hydrogen (secondary N) is 3. The van der Waals surface area contributed by atoms with Crippen LogP contribution in [-0.2, 0) is 20.2 Å². The zero-order valence-electron chi connectivity index (χ0n) is 19.8. The monoisotopic (exact) mass is 498 g/mol. The molecule has 0 bridgehead atoms. The van der Waals surface area contributed by atoms with Crippen LogP contribution in [0.5, 0.6) is 0 Å². The molecule has 35 heavy (non-hydrogen) atoms. The smallest absolute Gasteiger partial charge is 0.241 e. The Morgan fingerprint density at radius 1 is 1.14 bits per heavy atom. The molecule has 2 aliphatic heterocycles. The molecule has 0 unspecified atom stereocenters. The van der Waals surface area contributed by atoms with Crippen molar-refractivity contribution in [1.29, 1.82) is 0 Å². The Labute approximate surface area is 204 Å². The van der Waals surface area contributed by atoms with Crippen molar-refractivity contribution in [3.63, 3.8) is 0 Å². The fraction of sp³-hybridized carbons (Fsp3) is 0.542. The van der Waals surface area contributed by atoms with E-state index in [4.69, 9.17) is 4.98 Å². The zero-order valence-corrected chi connectivity index (χ0v) is 20.7. The summed E-state index contributed by atoms with van der Waals surface area (Å²) in [6.45, 7) is 4.85. The molecule has 2 aromatic rings. The third kappa shape index (κ3) is 3.64. The normalized spacial score (nSPS) is 28.1. The van der Waals surface area contributed by atoms with E-state index in [1.54, 1.807) is 30.2 Å². The van der Waals surface area contributed by atoms with E-state index in [1.165, 1.54) is 12.1 Å². The number of sulfonamides is 1. The lowest BCUT2D eigenvalue weighted by Gasteiger charge is -2.39. The van der Waals surface area contributed by atoms with E-state index in [2.05, 4.69) is 20.3 Å². The number of rotatable bonds is 6. The topological polar surface area (TPSA) is 137 Å². The second-order valence-corrected chi connectivity index (χ2v) is 12.6. The molecule has 1 amide bonds. The highest BCUT2D eigenvalue weighted by Gasteiger charge is 2.63. The molecule has 1 saturated heterocycles. The molecule has 6 rings (SSSR count). The Balaban J connectivity index is 1.25. The number of carbonyl (C=O) groups excluding carboxylic acids is 1. The third-order valence-corrected chi connectivity index (χ3v) is 9.57. The number of benzene rings is 1. The van der Waals surface area contributed by atoms with Gasteiger partial charge in [-0.3, -0.25) is 9.69 Å². The number of hydrogen-bond donors (Lipinski definition) is 4. The largest absolute Gasteiger partial charge is 0.388 e. The summed E-state index contributed by atoms with van der Waals surface area (Å²) in [5, 5.41) is 17.1. The van der Waals surface area contributed by atoms with Gasteiger partial charge in [0.2, 0.25) is 21.9 Å². The van der Waals surface area contributed by atoms with Gasteiger partial charge in [0.15, 0.2) is 0 Å². The zero-order chi connectivity index (χ0) is 24.6. The van der Waals surface area contributed by atoms with Crippen molar-refractivity contribution >= 4 is 33.4 Å². The molecule has 2 saturated carbocycles. The van der Waals surface area contributed by atoms with E-state index in [1.807, 2.05) is 6.92 Å². The standard InChI is InChI=1S/C24H30N6O4S/c1-22(13-25-14-22)29-35(33,34)16-7-5-15(6-8-16)27-21-26-12-17-19(28-21)30(20(31)24(17)10-11-24)18-4-3-9-23(18,2)32/h5-8,12,18,25,29,32H,3-4,9-11,13-14H2,1-2H3,(H,26,27,28)/t18-,23+/m1/s1. The minimum Gasteiger partial charge on any atom is -0.388 e. The molecule has 1 aromatic heterocycles. The summed E-state index contributed by atoms with van der Waals surface area (Å²) in [6, 6.07) is 6.11. The van der Waals surface area contributed by atoms with E-state index in [-0.39, 0.29) is 16.8 Å². The van der Waals surface area contributed by atoms with E-state index in [9.17, 15) is 18.3 Å². The van der Waals surface area contributed by atoms with Crippen LogP contribution in [0.4, 0.5) is 17.5 Å². The number of carbonyl (C=O) groups is 1. The van der Waals surface area contributed by atoms with Crippen molar-refractivity contribution in [2.45, 2.75) is 73.4 Å². The van der Waals surface area contributed by atoms with Crippen LogP contribution in [0.15, 0.2) is 35.4 Å².